The zero-order valence-electron chi connectivity index (χ0n) is 14.6. The molecule has 1 atom stereocenters. The van der Waals surface area contributed by atoms with Crippen LogP contribution in [0.4, 0.5) is 0 Å². The van der Waals surface area contributed by atoms with Crippen LogP contribution in [-0.4, -0.2) is 26.7 Å². The highest BCUT2D eigenvalue weighted by Gasteiger charge is 2.22. The van der Waals surface area contributed by atoms with Crippen LogP contribution in [0.1, 0.15) is 30.0 Å². The van der Waals surface area contributed by atoms with Gasteiger partial charge in [-0.05, 0) is 42.5 Å². The SMILES string of the molecule is COc1cccc(OC)c1OCC(=O)NC1CCCc2ccccc21. The summed E-state index contributed by atoms with van der Waals surface area (Å²) >= 11 is 0. The van der Waals surface area contributed by atoms with Crippen molar-refractivity contribution in [2.24, 2.45) is 0 Å². The van der Waals surface area contributed by atoms with Crippen LogP contribution >= 0.6 is 0 Å². The molecule has 2 aromatic rings. The van der Waals surface area contributed by atoms with Gasteiger partial charge in [-0.15, -0.1) is 0 Å². The fourth-order valence-electron chi connectivity index (χ4n) is 3.24. The average Bonchev–Trinajstić information content (AvgIpc) is 2.66. The number of amides is 1. The molecule has 25 heavy (non-hydrogen) atoms. The third-order valence-corrected chi connectivity index (χ3v) is 4.43. The van der Waals surface area contributed by atoms with Crippen LogP contribution in [0.5, 0.6) is 17.2 Å². The normalized spacial score (nSPS) is 15.8. The Morgan fingerprint density at radius 3 is 2.52 bits per heavy atom. The number of nitrogens with one attached hydrogen (secondary N) is 1. The highest BCUT2D eigenvalue weighted by Crippen LogP contribution is 2.36. The summed E-state index contributed by atoms with van der Waals surface area (Å²) in [5.41, 5.74) is 2.52. The molecule has 0 fully saturated rings. The van der Waals surface area contributed by atoms with E-state index in [2.05, 4.69) is 17.4 Å². The summed E-state index contributed by atoms with van der Waals surface area (Å²) in [6.07, 6.45) is 3.08. The predicted molar refractivity (Wildman–Crippen MR) is 95.3 cm³/mol. The number of hydrogen-bond donors (Lipinski definition) is 1. The first-order valence-corrected chi connectivity index (χ1v) is 8.44. The van der Waals surface area contributed by atoms with Gasteiger partial charge in [-0.1, -0.05) is 30.3 Å². The fraction of sp³-hybridized carbons (Fsp3) is 0.350. The first-order chi connectivity index (χ1) is 12.2. The lowest BCUT2D eigenvalue weighted by Gasteiger charge is -2.26. The molecule has 5 nitrogen and oxygen atoms in total. The van der Waals surface area contributed by atoms with Crippen molar-refractivity contribution in [1.82, 2.24) is 5.32 Å². The van der Waals surface area contributed by atoms with Gasteiger partial charge in [0.2, 0.25) is 5.75 Å². The van der Waals surface area contributed by atoms with E-state index in [0.29, 0.717) is 17.2 Å². The summed E-state index contributed by atoms with van der Waals surface area (Å²) in [5.74, 6) is 1.35. The lowest BCUT2D eigenvalue weighted by molar-refractivity contribution is -0.124. The maximum absolute atomic E-state index is 12.4. The number of rotatable bonds is 6. The largest absolute Gasteiger partial charge is 0.493 e. The standard InChI is InChI=1S/C20H23NO4/c1-23-17-11-6-12-18(24-2)20(17)25-13-19(22)21-16-10-5-8-14-7-3-4-9-15(14)16/h3-4,6-7,9,11-12,16H,5,8,10,13H2,1-2H3,(H,21,22). The van der Waals surface area contributed by atoms with Gasteiger partial charge in [0.25, 0.3) is 5.91 Å². The molecule has 0 radical (unpaired) electrons. The average molecular weight is 341 g/mol. The number of ether oxygens (including phenoxy) is 3. The Balaban J connectivity index is 1.65. The second-order valence-corrected chi connectivity index (χ2v) is 5.99. The molecule has 132 valence electrons. The first kappa shape index (κ1) is 17.1. The Morgan fingerprint density at radius 1 is 1.08 bits per heavy atom. The van der Waals surface area contributed by atoms with Crippen molar-refractivity contribution < 1.29 is 19.0 Å². The van der Waals surface area contributed by atoms with E-state index in [1.54, 1.807) is 26.4 Å². The van der Waals surface area contributed by atoms with Gasteiger partial charge in [0.15, 0.2) is 18.1 Å². The maximum atomic E-state index is 12.4. The highest BCUT2D eigenvalue weighted by molar-refractivity contribution is 5.78. The Kier molecular flexibility index (Phi) is 5.43. The van der Waals surface area contributed by atoms with Crippen molar-refractivity contribution in [1.29, 1.82) is 0 Å². The summed E-state index contributed by atoms with van der Waals surface area (Å²) in [5, 5.41) is 3.07. The number of fused-ring (bicyclic) bond motifs is 1. The molecule has 1 N–H and O–H groups in total. The van der Waals surface area contributed by atoms with E-state index in [4.69, 9.17) is 14.2 Å². The number of methoxy groups -OCH3 is 2. The summed E-state index contributed by atoms with van der Waals surface area (Å²) in [6, 6.07) is 13.7. The van der Waals surface area contributed by atoms with Crippen LogP contribution in [0.2, 0.25) is 0 Å². The van der Waals surface area contributed by atoms with Crippen LogP contribution in [0.15, 0.2) is 42.5 Å². The van der Waals surface area contributed by atoms with Crippen LogP contribution in [0, 0.1) is 0 Å². The predicted octanol–water partition coefficient (Wildman–Crippen LogP) is 3.28. The van der Waals surface area contributed by atoms with Crippen LogP contribution in [-0.2, 0) is 11.2 Å². The quantitative estimate of drug-likeness (QED) is 0.876. The fourth-order valence-corrected chi connectivity index (χ4v) is 3.24. The number of carbonyl (C=O) groups excluding carboxylic acids is 1. The molecule has 3 rings (SSSR count). The molecule has 0 aromatic heterocycles. The van der Waals surface area contributed by atoms with E-state index in [1.165, 1.54) is 11.1 Å². The molecule has 1 amide bonds. The molecule has 5 heteroatoms. The Hall–Kier alpha value is -2.69. The van der Waals surface area contributed by atoms with Gasteiger partial charge in [0.1, 0.15) is 0 Å². The van der Waals surface area contributed by atoms with E-state index in [1.807, 2.05) is 18.2 Å². The number of hydrogen-bond acceptors (Lipinski definition) is 4. The maximum Gasteiger partial charge on any atom is 0.258 e. The van der Waals surface area contributed by atoms with Gasteiger partial charge in [-0.2, -0.15) is 0 Å². The van der Waals surface area contributed by atoms with E-state index >= 15 is 0 Å². The second-order valence-electron chi connectivity index (χ2n) is 5.99. The van der Waals surface area contributed by atoms with Crippen molar-refractivity contribution >= 4 is 5.91 Å². The minimum atomic E-state index is -0.158. The van der Waals surface area contributed by atoms with Crippen LogP contribution in [0.3, 0.4) is 0 Å². The molecular weight excluding hydrogens is 318 g/mol. The summed E-state index contributed by atoms with van der Waals surface area (Å²) < 4.78 is 16.2. The molecule has 0 aliphatic heterocycles. The first-order valence-electron chi connectivity index (χ1n) is 8.44. The summed E-state index contributed by atoms with van der Waals surface area (Å²) in [6.45, 7) is -0.0879. The molecule has 1 aliphatic rings. The minimum absolute atomic E-state index is 0.0422. The summed E-state index contributed by atoms with van der Waals surface area (Å²) in [4.78, 5) is 12.4. The molecule has 0 heterocycles. The highest BCUT2D eigenvalue weighted by atomic mass is 16.5. The molecule has 0 spiro atoms. The van der Waals surface area contributed by atoms with E-state index in [0.717, 1.165) is 19.3 Å². The molecule has 1 unspecified atom stereocenters. The Morgan fingerprint density at radius 2 is 1.80 bits per heavy atom. The van der Waals surface area contributed by atoms with Gasteiger partial charge < -0.3 is 19.5 Å². The lowest BCUT2D eigenvalue weighted by atomic mass is 9.88. The number of carbonyl (C=O) groups is 1. The molecule has 2 aromatic carbocycles. The van der Waals surface area contributed by atoms with Crippen molar-refractivity contribution in [3.8, 4) is 17.2 Å². The van der Waals surface area contributed by atoms with Gasteiger partial charge in [-0.3, -0.25) is 4.79 Å². The summed E-state index contributed by atoms with van der Waals surface area (Å²) in [7, 11) is 3.11. The van der Waals surface area contributed by atoms with Crippen molar-refractivity contribution in [3.63, 3.8) is 0 Å². The zero-order chi connectivity index (χ0) is 17.6. The number of para-hydroxylation sites is 1. The molecule has 1 aliphatic carbocycles. The van der Waals surface area contributed by atoms with E-state index in [-0.39, 0.29) is 18.6 Å². The molecule has 0 bridgehead atoms. The third-order valence-electron chi connectivity index (χ3n) is 4.43. The third kappa shape index (κ3) is 3.87. The Labute approximate surface area is 147 Å². The van der Waals surface area contributed by atoms with E-state index < -0.39 is 0 Å². The smallest absolute Gasteiger partial charge is 0.258 e. The van der Waals surface area contributed by atoms with Gasteiger partial charge in [0.05, 0.1) is 20.3 Å². The number of aryl methyl sites for hydroxylation is 1. The van der Waals surface area contributed by atoms with Gasteiger partial charge in [0, 0.05) is 0 Å². The van der Waals surface area contributed by atoms with E-state index in [9.17, 15) is 4.79 Å². The van der Waals surface area contributed by atoms with Gasteiger partial charge in [-0.25, -0.2) is 0 Å². The van der Waals surface area contributed by atoms with Gasteiger partial charge >= 0.3 is 0 Å². The molecule has 0 saturated carbocycles. The van der Waals surface area contributed by atoms with Crippen LogP contribution < -0.4 is 19.5 Å². The second kappa shape index (κ2) is 7.92. The zero-order valence-corrected chi connectivity index (χ0v) is 14.6. The van der Waals surface area contributed by atoms with Crippen molar-refractivity contribution in [2.75, 3.05) is 20.8 Å². The van der Waals surface area contributed by atoms with Crippen molar-refractivity contribution in [2.45, 2.75) is 25.3 Å². The monoisotopic (exact) mass is 341 g/mol. The Bertz CT molecular complexity index is 722. The minimum Gasteiger partial charge on any atom is -0.493 e. The lowest BCUT2D eigenvalue weighted by Crippen LogP contribution is -2.34. The molecule has 0 saturated heterocycles. The number of benzene rings is 2. The van der Waals surface area contributed by atoms with Crippen LogP contribution in [0.25, 0.3) is 0 Å². The topological polar surface area (TPSA) is 56.8 Å². The van der Waals surface area contributed by atoms with Crippen molar-refractivity contribution in [3.05, 3.63) is 53.6 Å². The molecular formula is C20H23NO4.